The Labute approximate surface area is 152 Å². The van der Waals surface area contributed by atoms with Crippen LogP contribution < -0.4 is 0 Å². The van der Waals surface area contributed by atoms with E-state index in [1.165, 1.54) is 89.9 Å². The molecule has 1 rings (SSSR count). The lowest BCUT2D eigenvalue weighted by atomic mass is 9.85. The smallest absolute Gasteiger partial charge is 0.125 e. The number of hydrogen-bond donors (Lipinski definition) is 1. The third kappa shape index (κ3) is 12.0. The fraction of sp³-hybridized carbons (Fsp3) is 0.913. The lowest BCUT2D eigenvalue weighted by Gasteiger charge is -2.26. The molecule has 24 heavy (non-hydrogen) atoms. The molecule has 1 aliphatic carbocycles. The van der Waals surface area contributed by atoms with E-state index in [-0.39, 0.29) is 0 Å². The van der Waals surface area contributed by atoms with Gasteiger partial charge < -0.3 is 5.11 Å². The van der Waals surface area contributed by atoms with Gasteiger partial charge in [0.05, 0.1) is 0 Å². The van der Waals surface area contributed by atoms with Crippen LogP contribution in [0, 0.1) is 11.8 Å². The van der Waals surface area contributed by atoms with Crippen LogP contribution in [0.4, 0.5) is 0 Å². The van der Waals surface area contributed by atoms with Crippen LogP contribution in [0.25, 0.3) is 0 Å². The monoisotopic (exact) mass is 334 g/mol. The van der Waals surface area contributed by atoms with Gasteiger partial charge in [0, 0.05) is 6.42 Å². The molecule has 0 unspecified atom stereocenters. The molecule has 0 atom stereocenters. The summed E-state index contributed by atoms with van der Waals surface area (Å²) in [6.07, 6.45) is 24.4. The molecule has 0 bridgehead atoms. The first kappa shape index (κ1) is 21.6. The summed E-state index contributed by atoms with van der Waals surface area (Å²) in [5.74, 6) is 6.38. The zero-order valence-corrected chi connectivity index (χ0v) is 16.4. The molecular weight excluding hydrogens is 292 g/mol. The Balaban J connectivity index is 1.81. The summed E-state index contributed by atoms with van der Waals surface area (Å²) >= 11 is 0. The van der Waals surface area contributed by atoms with Crippen LogP contribution in [0.3, 0.4) is 0 Å². The van der Waals surface area contributed by atoms with E-state index in [2.05, 4.69) is 18.8 Å². The Kier molecular flexibility index (Phi) is 13.3. The molecule has 1 heteroatoms. The molecule has 1 nitrogen and oxygen atoms in total. The summed E-state index contributed by atoms with van der Waals surface area (Å²) in [6.45, 7) is 2.28. The molecule has 0 radical (unpaired) electrons. The van der Waals surface area contributed by atoms with Crippen molar-refractivity contribution in [2.45, 2.75) is 135 Å². The predicted molar refractivity (Wildman–Crippen MR) is 106 cm³/mol. The highest BCUT2D eigenvalue weighted by Gasteiger charge is 2.26. The van der Waals surface area contributed by atoms with Crippen molar-refractivity contribution in [3.8, 4) is 11.8 Å². The van der Waals surface area contributed by atoms with Gasteiger partial charge in [-0.05, 0) is 32.1 Å². The van der Waals surface area contributed by atoms with Crippen molar-refractivity contribution >= 4 is 0 Å². The highest BCUT2D eigenvalue weighted by molar-refractivity contribution is 5.14. The second-order valence-corrected chi connectivity index (χ2v) is 7.89. The third-order valence-corrected chi connectivity index (χ3v) is 5.41. The summed E-state index contributed by atoms with van der Waals surface area (Å²) < 4.78 is 0. The average molecular weight is 335 g/mol. The van der Waals surface area contributed by atoms with Crippen LogP contribution in [-0.4, -0.2) is 10.7 Å². The van der Waals surface area contributed by atoms with E-state index >= 15 is 0 Å². The van der Waals surface area contributed by atoms with Crippen LogP contribution in [0.15, 0.2) is 0 Å². The maximum atomic E-state index is 10.3. The maximum Gasteiger partial charge on any atom is 0.125 e. The fourth-order valence-electron chi connectivity index (χ4n) is 3.72. The fourth-order valence-corrected chi connectivity index (χ4v) is 3.72. The van der Waals surface area contributed by atoms with E-state index in [4.69, 9.17) is 0 Å². The Bertz CT molecular complexity index is 330. The van der Waals surface area contributed by atoms with Crippen LogP contribution in [0.5, 0.6) is 0 Å². The first-order chi connectivity index (χ1) is 11.8. The van der Waals surface area contributed by atoms with Crippen molar-refractivity contribution in [2.24, 2.45) is 0 Å². The van der Waals surface area contributed by atoms with E-state index < -0.39 is 5.60 Å². The van der Waals surface area contributed by atoms with Gasteiger partial charge in [-0.15, -0.1) is 5.92 Å². The molecule has 0 aromatic carbocycles. The lowest BCUT2D eigenvalue weighted by molar-refractivity contribution is 0.0609. The molecule has 0 aromatic rings. The molecule has 1 N–H and O–H groups in total. The van der Waals surface area contributed by atoms with Crippen LogP contribution in [0.1, 0.15) is 129 Å². The van der Waals surface area contributed by atoms with Crippen molar-refractivity contribution in [3.05, 3.63) is 0 Å². The highest BCUT2D eigenvalue weighted by Crippen LogP contribution is 2.27. The Morgan fingerprint density at radius 3 is 1.62 bits per heavy atom. The molecule has 0 aromatic heterocycles. The van der Waals surface area contributed by atoms with Gasteiger partial charge in [-0.25, -0.2) is 0 Å². The van der Waals surface area contributed by atoms with Gasteiger partial charge in [0.1, 0.15) is 5.60 Å². The molecule has 1 fully saturated rings. The van der Waals surface area contributed by atoms with E-state index in [9.17, 15) is 5.11 Å². The van der Waals surface area contributed by atoms with Gasteiger partial charge in [-0.3, -0.25) is 0 Å². The normalized spacial score (nSPS) is 16.6. The molecule has 140 valence electrons. The van der Waals surface area contributed by atoms with Gasteiger partial charge >= 0.3 is 0 Å². The molecular formula is C23H42O. The standard InChI is InChI=1S/C23H42O/c1-2-3-4-5-6-7-8-9-10-11-12-13-14-15-17-20-23(24)21-18-16-19-22-23/h24H,2-16,18-19,21-22H2,1H3. The zero-order valence-electron chi connectivity index (χ0n) is 16.4. The lowest BCUT2D eigenvalue weighted by Crippen LogP contribution is -2.29. The third-order valence-electron chi connectivity index (χ3n) is 5.41. The van der Waals surface area contributed by atoms with Crippen molar-refractivity contribution in [2.75, 3.05) is 0 Å². The number of rotatable bonds is 13. The summed E-state index contributed by atoms with van der Waals surface area (Å²) in [5, 5.41) is 10.3. The minimum Gasteiger partial charge on any atom is -0.378 e. The molecule has 0 heterocycles. The maximum absolute atomic E-state index is 10.3. The van der Waals surface area contributed by atoms with Crippen molar-refractivity contribution in [1.29, 1.82) is 0 Å². The molecule has 0 spiro atoms. The van der Waals surface area contributed by atoms with Crippen molar-refractivity contribution in [1.82, 2.24) is 0 Å². The summed E-state index contributed by atoms with van der Waals surface area (Å²) in [7, 11) is 0. The second-order valence-electron chi connectivity index (χ2n) is 7.89. The highest BCUT2D eigenvalue weighted by atomic mass is 16.3. The minimum atomic E-state index is -0.644. The molecule has 1 aliphatic rings. The molecule has 1 saturated carbocycles. The summed E-state index contributed by atoms with van der Waals surface area (Å²) in [6, 6.07) is 0. The van der Waals surface area contributed by atoms with Gasteiger partial charge in [0.25, 0.3) is 0 Å². The van der Waals surface area contributed by atoms with E-state index in [0.717, 1.165) is 32.1 Å². The van der Waals surface area contributed by atoms with Crippen molar-refractivity contribution in [3.63, 3.8) is 0 Å². The van der Waals surface area contributed by atoms with Gasteiger partial charge in [-0.2, -0.15) is 0 Å². The summed E-state index contributed by atoms with van der Waals surface area (Å²) in [4.78, 5) is 0. The topological polar surface area (TPSA) is 20.2 Å². The molecule has 0 saturated heterocycles. The SMILES string of the molecule is CCCCCCCCCCCCCCCC#CC1(O)CCCCC1. The quantitative estimate of drug-likeness (QED) is 0.280. The first-order valence-corrected chi connectivity index (χ1v) is 11.0. The van der Waals surface area contributed by atoms with Crippen molar-refractivity contribution < 1.29 is 5.11 Å². The summed E-state index contributed by atoms with van der Waals surface area (Å²) in [5.41, 5.74) is -0.644. The van der Waals surface area contributed by atoms with Crippen LogP contribution in [-0.2, 0) is 0 Å². The Morgan fingerprint density at radius 2 is 1.12 bits per heavy atom. The second kappa shape index (κ2) is 14.8. The molecule has 0 amide bonds. The van der Waals surface area contributed by atoms with E-state index in [1.807, 2.05) is 0 Å². The van der Waals surface area contributed by atoms with E-state index in [1.54, 1.807) is 0 Å². The molecule has 0 aliphatic heterocycles. The van der Waals surface area contributed by atoms with Gasteiger partial charge in [0.15, 0.2) is 0 Å². The van der Waals surface area contributed by atoms with Gasteiger partial charge in [-0.1, -0.05) is 96.3 Å². The number of unbranched alkanes of at least 4 members (excludes halogenated alkanes) is 13. The van der Waals surface area contributed by atoms with Crippen LogP contribution >= 0.6 is 0 Å². The predicted octanol–water partition coefficient (Wildman–Crippen LogP) is 7.17. The number of hydrogen-bond acceptors (Lipinski definition) is 1. The number of aliphatic hydroxyl groups is 1. The Morgan fingerprint density at radius 1 is 0.667 bits per heavy atom. The first-order valence-electron chi connectivity index (χ1n) is 11.0. The minimum absolute atomic E-state index is 0.644. The Hall–Kier alpha value is -0.480. The average Bonchev–Trinajstić information content (AvgIpc) is 2.59. The zero-order chi connectivity index (χ0) is 17.3. The van der Waals surface area contributed by atoms with Crippen LogP contribution in [0.2, 0.25) is 0 Å². The van der Waals surface area contributed by atoms with E-state index in [0.29, 0.717) is 0 Å². The largest absolute Gasteiger partial charge is 0.378 e. The van der Waals surface area contributed by atoms with Gasteiger partial charge in [0.2, 0.25) is 0 Å².